The van der Waals surface area contributed by atoms with Crippen LogP contribution in [0.1, 0.15) is 30.9 Å². The summed E-state index contributed by atoms with van der Waals surface area (Å²) >= 11 is 6.96. The molecule has 1 aromatic rings. The van der Waals surface area contributed by atoms with Crippen molar-refractivity contribution >= 4 is 31.9 Å². The minimum Gasteiger partial charge on any atom is -0.330 e. The van der Waals surface area contributed by atoms with Crippen molar-refractivity contribution in [1.29, 1.82) is 0 Å². The predicted octanol–water partition coefficient (Wildman–Crippen LogP) is 3.34. The van der Waals surface area contributed by atoms with Crippen molar-refractivity contribution in [3.05, 3.63) is 32.7 Å². The van der Waals surface area contributed by atoms with Gasteiger partial charge in [0.05, 0.1) is 0 Å². The van der Waals surface area contributed by atoms with Gasteiger partial charge in [0.25, 0.3) is 0 Å². The van der Waals surface area contributed by atoms with E-state index in [2.05, 4.69) is 37.9 Å². The Labute approximate surface area is 108 Å². The SMILES string of the molecule is NCCCC[C@H](N)c1cc(Br)ccc1Br. The molecule has 4 heteroatoms. The van der Waals surface area contributed by atoms with Gasteiger partial charge in [-0.05, 0) is 43.1 Å². The smallest absolute Gasteiger partial charge is 0.0306 e. The molecule has 0 fully saturated rings. The molecule has 0 heterocycles. The molecule has 0 aliphatic rings. The van der Waals surface area contributed by atoms with Gasteiger partial charge in [0, 0.05) is 15.0 Å². The largest absolute Gasteiger partial charge is 0.330 e. The summed E-state index contributed by atoms with van der Waals surface area (Å²) in [7, 11) is 0. The third-order valence-corrected chi connectivity index (χ3v) is 3.54. The van der Waals surface area contributed by atoms with Crippen molar-refractivity contribution in [3.8, 4) is 0 Å². The van der Waals surface area contributed by atoms with E-state index in [0.29, 0.717) is 0 Å². The molecule has 1 rings (SSSR count). The third kappa shape index (κ3) is 4.23. The standard InChI is InChI=1S/C11H16Br2N2/c12-8-4-5-10(13)9(7-8)11(15)3-1-2-6-14/h4-5,7,11H,1-3,6,14-15H2/t11-/m0/s1. The van der Waals surface area contributed by atoms with Gasteiger partial charge < -0.3 is 11.5 Å². The predicted molar refractivity (Wildman–Crippen MR) is 71.7 cm³/mol. The Balaban J connectivity index is 2.64. The molecule has 1 aromatic carbocycles. The molecule has 84 valence electrons. The molecule has 15 heavy (non-hydrogen) atoms. The minimum absolute atomic E-state index is 0.0865. The van der Waals surface area contributed by atoms with Crippen LogP contribution in [0.2, 0.25) is 0 Å². The number of hydrogen-bond acceptors (Lipinski definition) is 2. The van der Waals surface area contributed by atoms with E-state index < -0.39 is 0 Å². The average molecular weight is 336 g/mol. The maximum atomic E-state index is 6.11. The van der Waals surface area contributed by atoms with Gasteiger partial charge in [-0.15, -0.1) is 0 Å². The topological polar surface area (TPSA) is 52.0 Å². The Morgan fingerprint density at radius 1 is 1.20 bits per heavy atom. The van der Waals surface area contributed by atoms with Gasteiger partial charge in [-0.1, -0.05) is 38.3 Å². The summed E-state index contributed by atoms with van der Waals surface area (Å²) in [4.78, 5) is 0. The summed E-state index contributed by atoms with van der Waals surface area (Å²) in [6, 6.07) is 6.17. The Morgan fingerprint density at radius 3 is 2.60 bits per heavy atom. The van der Waals surface area contributed by atoms with Crippen molar-refractivity contribution in [2.24, 2.45) is 11.5 Å². The zero-order valence-electron chi connectivity index (χ0n) is 8.55. The van der Waals surface area contributed by atoms with Crippen LogP contribution < -0.4 is 11.5 Å². The number of nitrogens with two attached hydrogens (primary N) is 2. The van der Waals surface area contributed by atoms with Crippen LogP contribution in [0.5, 0.6) is 0 Å². The van der Waals surface area contributed by atoms with E-state index >= 15 is 0 Å². The van der Waals surface area contributed by atoms with Crippen molar-refractivity contribution in [3.63, 3.8) is 0 Å². The van der Waals surface area contributed by atoms with E-state index in [1.807, 2.05) is 12.1 Å². The molecular formula is C11H16Br2N2. The number of halogens is 2. The lowest BCUT2D eigenvalue weighted by atomic mass is 10.0. The van der Waals surface area contributed by atoms with E-state index in [0.717, 1.165) is 40.3 Å². The van der Waals surface area contributed by atoms with Crippen LogP contribution in [0.3, 0.4) is 0 Å². The van der Waals surface area contributed by atoms with Gasteiger partial charge in [-0.25, -0.2) is 0 Å². The zero-order valence-corrected chi connectivity index (χ0v) is 11.7. The van der Waals surface area contributed by atoms with Crippen LogP contribution in [0.15, 0.2) is 27.1 Å². The lowest BCUT2D eigenvalue weighted by Gasteiger charge is -2.14. The Kier molecular flexibility index (Phi) is 5.82. The van der Waals surface area contributed by atoms with Gasteiger partial charge in [0.15, 0.2) is 0 Å². The average Bonchev–Trinajstić information content (AvgIpc) is 2.22. The molecule has 1 atom stereocenters. The molecule has 0 radical (unpaired) electrons. The number of benzene rings is 1. The van der Waals surface area contributed by atoms with E-state index in [9.17, 15) is 0 Å². The van der Waals surface area contributed by atoms with Crippen LogP contribution in [-0.2, 0) is 0 Å². The third-order valence-electron chi connectivity index (χ3n) is 2.33. The summed E-state index contributed by atoms with van der Waals surface area (Å²) in [6.45, 7) is 0.742. The minimum atomic E-state index is 0.0865. The lowest BCUT2D eigenvalue weighted by Crippen LogP contribution is -2.11. The van der Waals surface area contributed by atoms with E-state index in [1.54, 1.807) is 0 Å². The quantitative estimate of drug-likeness (QED) is 0.811. The summed E-state index contributed by atoms with van der Waals surface area (Å²) in [5.41, 5.74) is 12.7. The summed E-state index contributed by atoms with van der Waals surface area (Å²) in [5.74, 6) is 0. The van der Waals surface area contributed by atoms with Crippen LogP contribution in [-0.4, -0.2) is 6.54 Å². The fraction of sp³-hybridized carbons (Fsp3) is 0.455. The van der Waals surface area contributed by atoms with Crippen LogP contribution >= 0.6 is 31.9 Å². The Morgan fingerprint density at radius 2 is 1.93 bits per heavy atom. The normalized spacial score (nSPS) is 12.8. The fourth-order valence-corrected chi connectivity index (χ4v) is 2.38. The Hall–Kier alpha value is 0.1000. The van der Waals surface area contributed by atoms with Crippen molar-refractivity contribution in [2.75, 3.05) is 6.54 Å². The van der Waals surface area contributed by atoms with Gasteiger partial charge in [-0.2, -0.15) is 0 Å². The first-order valence-corrected chi connectivity index (χ1v) is 6.64. The molecule has 4 N–H and O–H groups in total. The highest BCUT2D eigenvalue weighted by atomic mass is 79.9. The Bertz CT molecular complexity index is 315. The molecule has 0 bridgehead atoms. The van der Waals surface area contributed by atoms with E-state index in [1.165, 1.54) is 0 Å². The fourth-order valence-electron chi connectivity index (χ4n) is 1.46. The van der Waals surface area contributed by atoms with Crippen molar-refractivity contribution in [1.82, 2.24) is 0 Å². The van der Waals surface area contributed by atoms with Gasteiger partial charge >= 0.3 is 0 Å². The zero-order chi connectivity index (χ0) is 11.3. The van der Waals surface area contributed by atoms with Gasteiger partial charge in [0.2, 0.25) is 0 Å². The first-order chi connectivity index (χ1) is 7.15. The second-order valence-electron chi connectivity index (χ2n) is 3.56. The van der Waals surface area contributed by atoms with Gasteiger partial charge in [0.1, 0.15) is 0 Å². The number of hydrogen-bond donors (Lipinski definition) is 2. The van der Waals surface area contributed by atoms with Crippen molar-refractivity contribution in [2.45, 2.75) is 25.3 Å². The maximum absolute atomic E-state index is 6.11. The van der Waals surface area contributed by atoms with Gasteiger partial charge in [-0.3, -0.25) is 0 Å². The monoisotopic (exact) mass is 334 g/mol. The molecule has 2 nitrogen and oxygen atoms in total. The molecule has 0 saturated carbocycles. The van der Waals surface area contributed by atoms with E-state index in [-0.39, 0.29) is 6.04 Å². The van der Waals surface area contributed by atoms with Crippen LogP contribution in [0.4, 0.5) is 0 Å². The molecule has 0 aromatic heterocycles. The number of rotatable bonds is 5. The van der Waals surface area contributed by atoms with Crippen LogP contribution in [0.25, 0.3) is 0 Å². The molecule has 0 amide bonds. The first-order valence-electron chi connectivity index (χ1n) is 5.05. The van der Waals surface area contributed by atoms with E-state index in [4.69, 9.17) is 11.5 Å². The molecule has 0 spiro atoms. The van der Waals surface area contributed by atoms with Crippen molar-refractivity contribution < 1.29 is 0 Å². The second kappa shape index (κ2) is 6.63. The highest BCUT2D eigenvalue weighted by molar-refractivity contribution is 9.11. The molecule has 0 saturated heterocycles. The highest BCUT2D eigenvalue weighted by Gasteiger charge is 2.09. The summed E-state index contributed by atoms with van der Waals surface area (Å²) in [5, 5.41) is 0. The highest BCUT2D eigenvalue weighted by Crippen LogP contribution is 2.28. The first kappa shape index (κ1) is 13.2. The molecule has 0 aliphatic heterocycles. The second-order valence-corrected chi connectivity index (χ2v) is 5.33. The maximum Gasteiger partial charge on any atom is 0.0306 e. The summed E-state index contributed by atoms with van der Waals surface area (Å²) in [6.07, 6.45) is 3.10. The molecular weight excluding hydrogens is 320 g/mol. The number of unbranched alkanes of at least 4 members (excludes halogenated alkanes) is 1. The molecule has 0 unspecified atom stereocenters. The molecule has 0 aliphatic carbocycles. The lowest BCUT2D eigenvalue weighted by molar-refractivity contribution is 0.589. The van der Waals surface area contributed by atoms with Crippen LogP contribution in [0, 0.1) is 0 Å². The summed E-state index contributed by atoms with van der Waals surface area (Å²) < 4.78 is 2.14.